The molecule has 0 spiro atoms. The van der Waals surface area contributed by atoms with Crippen molar-refractivity contribution in [1.29, 1.82) is 0 Å². The predicted octanol–water partition coefficient (Wildman–Crippen LogP) is 3.03. The molecular formula is C15H11Cl2NO5. The number of ether oxygens (including phenoxy) is 1. The van der Waals surface area contributed by atoms with Gasteiger partial charge in [0, 0.05) is 11.1 Å². The lowest BCUT2D eigenvalue weighted by Crippen LogP contribution is -2.15. The number of phenols is 2. The maximum Gasteiger partial charge on any atom is 0.340 e. The largest absolute Gasteiger partial charge is 0.508 e. The number of rotatable bonds is 4. The van der Waals surface area contributed by atoms with E-state index in [-0.39, 0.29) is 32.6 Å². The molecule has 0 aliphatic heterocycles. The highest BCUT2D eigenvalue weighted by Crippen LogP contribution is 2.28. The molecule has 6 nitrogen and oxygen atoms in total. The lowest BCUT2D eigenvalue weighted by molar-refractivity contribution is 0.0475. The normalized spacial score (nSPS) is 10.3. The number of hydrogen-bond acceptors (Lipinski definition) is 6. The third-order valence-electron chi connectivity index (χ3n) is 2.93. The van der Waals surface area contributed by atoms with E-state index in [1.165, 1.54) is 24.3 Å². The Labute approximate surface area is 141 Å². The Bertz CT molecular complexity index is 792. The number of nitrogen functional groups attached to an aromatic ring is 1. The van der Waals surface area contributed by atoms with E-state index in [0.29, 0.717) is 0 Å². The lowest BCUT2D eigenvalue weighted by atomic mass is 10.1. The quantitative estimate of drug-likeness (QED) is 0.441. The van der Waals surface area contributed by atoms with Crippen LogP contribution in [0.2, 0.25) is 10.0 Å². The Balaban J connectivity index is 2.11. The van der Waals surface area contributed by atoms with Gasteiger partial charge in [-0.25, -0.2) is 4.79 Å². The van der Waals surface area contributed by atoms with Crippen LogP contribution in [-0.2, 0) is 4.74 Å². The molecule has 0 bridgehead atoms. The topological polar surface area (TPSA) is 110 Å². The molecule has 0 unspecified atom stereocenters. The molecule has 4 N–H and O–H groups in total. The van der Waals surface area contributed by atoms with E-state index in [4.69, 9.17) is 33.7 Å². The van der Waals surface area contributed by atoms with Gasteiger partial charge < -0.3 is 20.7 Å². The van der Waals surface area contributed by atoms with Crippen LogP contribution in [0, 0.1) is 0 Å². The second-order valence-electron chi connectivity index (χ2n) is 4.55. The Hall–Kier alpha value is -2.44. The number of carbonyl (C=O) groups is 2. The van der Waals surface area contributed by atoms with Gasteiger partial charge in [0.1, 0.15) is 11.5 Å². The van der Waals surface area contributed by atoms with Crippen LogP contribution in [0.4, 0.5) is 5.69 Å². The van der Waals surface area contributed by atoms with Crippen molar-refractivity contribution in [1.82, 2.24) is 0 Å². The van der Waals surface area contributed by atoms with E-state index in [0.717, 1.165) is 6.07 Å². The second-order valence-corrected chi connectivity index (χ2v) is 5.39. The molecule has 0 aliphatic rings. The highest BCUT2D eigenvalue weighted by Gasteiger charge is 2.18. The Morgan fingerprint density at radius 1 is 1.09 bits per heavy atom. The van der Waals surface area contributed by atoms with Crippen LogP contribution >= 0.6 is 23.2 Å². The molecule has 0 heterocycles. The highest BCUT2D eigenvalue weighted by molar-refractivity contribution is 6.37. The van der Waals surface area contributed by atoms with Crippen molar-refractivity contribution in [2.24, 2.45) is 0 Å². The van der Waals surface area contributed by atoms with Crippen molar-refractivity contribution < 1.29 is 24.5 Å². The monoisotopic (exact) mass is 355 g/mol. The number of nitrogens with two attached hydrogens (primary N) is 1. The molecule has 0 saturated heterocycles. The SMILES string of the molecule is Nc1c(Cl)cc(Cl)cc1C(=O)OCC(=O)c1ccc(O)cc1O. The van der Waals surface area contributed by atoms with E-state index in [9.17, 15) is 19.8 Å². The molecule has 0 saturated carbocycles. The fraction of sp³-hybridized carbons (Fsp3) is 0.0667. The van der Waals surface area contributed by atoms with E-state index >= 15 is 0 Å². The molecule has 0 aromatic heterocycles. The molecule has 2 rings (SSSR count). The molecule has 8 heteroatoms. The number of Topliss-reactive ketones (excluding diaryl/α,β-unsaturated/α-hetero) is 1. The number of anilines is 1. The van der Waals surface area contributed by atoms with Gasteiger partial charge in [0.2, 0.25) is 5.78 Å². The fourth-order valence-electron chi connectivity index (χ4n) is 1.80. The first-order valence-corrected chi connectivity index (χ1v) is 7.02. The van der Waals surface area contributed by atoms with Crippen molar-refractivity contribution in [3.8, 4) is 11.5 Å². The average Bonchev–Trinajstić information content (AvgIpc) is 2.48. The van der Waals surface area contributed by atoms with Crippen molar-refractivity contribution in [2.45, 2.75) is 0 Å². The van der Waals surface area contributed by atoms with Crippen LogP contribution in [0.3, 0.4) is 0 Å². The summed E-state index contributed by atoms with van der Waals surface area (Å²) in [5.41, 5.74) is 5.50. The molecule has 2 aromatic carbocycles. The second kappa shape index (κ2) is 6.76. The summed E-state index contributed by atoms with van der Waals surface area (Å²) in [6, 6.07) is 6.08. The molecule has 0 amide bonds. The maximum absolute atomic E-state index is 12.0. The number of phenolic OH excluding ortho intramolecular Hbond substituents is 2. The minimum Gasteiger partial charge on any atom is -0.508 e. The van der Waals surface area contributed by atoms with Gasteiger partial charge in [-0.3, -0.25) is 4.79 Å². The van der Waals surface area contributed by atoms with Crippen LogP contribution in [0.15, 0.2) is 30.3 Å². The lowest BCUT2D eigenvalue weighted by Gasteiger charge is -2.09. The number of esters is 1. The van der Waals surface area contributed by atoms with Crippen molar-refractivity contribution in [3.05, 3.63) is 51.5 Å². The third kappa shape index (κ3) is 3.85. The van der Waals surface area contributed by atoms with Crippen LogP contribution in [0.25, 0.3) is 0 Å². The van der Waals surface area contributed by atoms with Gasteiger partial charge in [-0.05, 0) is 24.3 Å². The van der Waals surface area contributed by atoms with Crippen molar-refractivity contribution in [2.75, 3.05) is 12.3 Å². The number of hydrogen-bond donors (Lipinski definition) is 3. The summed E-state index contributed by atoms with van der Waals surface area (Å²) in [6.45, 7) is -0.624. The summed E-state index contributed by atoms with van der Waals surface area (Å²) in [5, 5.41) is 19.0. The average molecular weight is 356 g/mol. The van der Waals surface area contributed by atoms with Gasteiger partial charge in [-0.1, -0.05) is 23.2 Å². The number of aromatic hydroxyl groups is 2. The molecule has 0 atom stereocenters. The molecule has 0 aliphatic carbocycles. The minimum atomic E-state index is -0.876. The molecule has 120 valence electrons. The summed E-state index contributed by atoms with van der Waals surface area (Å²) in [4.78, 5) is 23.9. The highest BCUT2D eigenvalue weighted by atomic mass is 35.5. The summed E-state index contributed by atoms with van der Waals surface area (Å²) >= 11 is 11.6. The van der Waals surface area contributed by atoms with Crippen LogP contribution in [0.5, 0.6) is 11.5 Å². The minimum absolute atomic E-state index is 0.0130. The van der Waals surface area contributed by atoms with Crippen molar-refractivity contribution in [3.63, 3.8) is 0 Å². The molecule has 0 radical (unpaired) electrons. The third-order valence-corrected chi connectivity index (χ3v) is 3.46. The zero-order valence-corrected chi connectivity index (χ0v) is 13.1. The number of ketones is 1. The number of halogens is 2. The number of carbonyl (C=O) groups excluding carboxylic acids is 2. The summed E-state index contributed by atoms with van der Waals surface area (Å²) in [5.74, 6) is -2.14. The van der Waals surface area contributed by atoms with Gasteiger partial charge in [-0.15, -0.1) is 0 Å². The zero-order chi connectivity index (χ0) is 17.1. The Morgan fingerprint density at radius 2 is 1.78 bits per heavy atom. The van der Waals surface area contributed by atoms with Gasteiger partial charge in [-0.2, -0.15) is 0 Å². The van der Waals surface area contributed by atoms with Gasteiger partial charge in [0.05, 0.1) is 21.8 Å². The standard InChI is InChI=1S/C15H11Cl2NO5/c16-7-3-10(14(18)11(17)4-7)15(22)23-6-13(21)9-2-1-8(19)5-12(9)20/h1-5,19-20H,6,18H2. The molecule has 23 heavy (non-hydrogen) atoms. The predicted molar refractivity (Wildman–Crippen MR) is 85.3 cm³/mol. The molecule has 2 aromatic rings. The number of benzene rings is 2. The van der Waals surface area contributed by atoms with E-state index < -0.39 is 24.1 Å². The zero-order valence-electron chi connectivity index (χ0n) is 11.5. The van der Waals surface area contributed by atoms with Crippen LogP contribution < -0.4 is 5.73 Å². The van der Waals surface area contributed by atoms with E-state index in [1.807, 2.05) is 0 Å². The van der Waals surface area contributed by atoms with E-state index in [1.54, 1.807) is 0 Å². The first-order chi connectivity index (χ1) is 10.8. The van der Waals surface area contributed by atoms with Crippen molar-refractivity contribution >= 4 is 40.6 Å². The molecule has 0 fully saturated rings. The smallest absolute Gasteiger partial charge is 0.340 e. The van der Waals surface area contributed by atoms with Gasteiger partial charge in [0.15, 0.2) is 6.61 Å². The first kappa shape index (κ1) is 16.9. The van der Waals surface area contributed by atoms with Gasteiger partial charge >= 0.3 is 5.97 Å². The van der Waals surface area contributed by atoms with Crippen LogP contribution in [0.1, 0.15) is 20.7 Å². The fourth-order valence-corrected chi connectivity index (χ4v) is 2.29. The summed E-state index contributed by atoms with van der Waals surface area (Å²) in [6.07, 6.45) is 0. The molecular weight excluding hydrogens is 345 g/mol. The summed E-state index contributed by atoms with van der Waals surface area (Å²) < 4.78 is 4.86. The Kier molecular flexibility index (Phi) is 4.98. The summed E-state index contributed by atoms with van der Waals surface area (Å²) in [7, 11) is 0. The van der Waals surface area contributed by atoms with E-state index in [2.05, 4.69) is 0 Å². The Morgan fingerprint density at radius 3 is 2.43 bits per heavy atom. The van der Waals surface area contributed by atoms with Gasteiger partial charge in [0.25, 0.3) is 0 Å². The maximum atomic E-state index is 12.0. The van der Waals surface area contributed by atoms with Crippen LogP contribution in [-0.4, -0.2) is 28.6 Å². The first-order valence-electron chi connectivity index (χ1n) is 6.26.